The first-order chi connectivity index (χ1) is 16.0. The summed E-state index contributed by atoms with van der Waals surface area (Å²) in [6.45, 7) is 3.69. The molecule has 2 aliphatic rings. The molecular formula is C24H31N3O5S. The fraction of sp³-hybridized carbons (Fsp3) is 0.458. The lowest BCUT2D eigenvalue weighted by atomic mass is 10.1. The maximum atomic E-state index is 13.2. The molecule has 4 rings (SSSR count). The summed E-state index contributed by atoms with van der Waals surface area (Å²) >= 11 is 0. The first-order valence-electron chi connectivity index (χ1n) is 11.3. The molecule has 2 heterocycles. The van der Waals surface area contributed by atoms with E-state index in [0.29, 0.717) is 19.8 Å². The highest BCUT2D eigenvalue weighted by Crippen LogP contribution is 2.29. The molecule has 0 aromatic heterocycles. The minimum Gasteiger partial charge on any atom is -0.495 e. The van der Waals surface area contributed by atoms with E-state index >= 15 is 0 Å². The van der Waals surface area contributed by atoms with E-state index in [4.69, 9.17) is 9.47 Å². The molecular weight excluding hydrogens is 442 g/mol. The van der Waals surface area contributed by atoms with Crippen LogP contribution in [0.15, 0.2) is 53.4 Å². The second-order valence-corrected chi connectivity index (χ2v) is 10.2. The average molecular weight is 474 g/mol. The number of morpholine rings is 1. The molecule has 0 bridgehead atoms. The predicted octanol–water partition coefficient (Wildman–Crippen LogP) is 2.28. The largest absolute Gasteiger partial charge is 0.495 e. The first-order valence-corrected chi connectivity index (χ1v) is 12.8. The van der Waals surface area contributed by atoms with Crippen molar-refractivity contribution >= 4 is 15.9 Å². The number of carbonyl (C=O) groups excluding carboxylic acids is 1. The van der Waals surface area contributed by atoms with Crippen molar-refractivity contribution in [2.75, 3.05) is 53.0 Å². The molecule has 9 heteroatoms. The van der Waals surface area contributed by atoms with Crippen molar-refractivity contribution in [3.05, 3.63) is 59.7 Å². The molecule has 1 atom stereocenters. The molecule has 1 unspecified atom stereocenters. The van der Waals surface area contributed by atoms with Crippen LogP contribution in [0.3, 0.4) is 0 Å². The molecule has 0 saturated carbocycles. The van der Waals surface area contributed by atoms with Crippen LogP contribution in [0.1, 0.15) is 34.8 Å². The van der Waals surface area contributed by atoms with Gasteiger partial charge in [-0.3, -0.25) is 9.69 Å². The fourth-order valence-electron chi connectivity index (χ4n) is 4.42. The van der Waals surface area contributed by atoms with Crippen molar-refractivity contribution in [2.24, 2.45) is 0 Å². The minimum absolute atomic E-state index is 0.00120. The normalized spacial score (nSPS) is 18.7. The number of nitrogens with one attached hydrogen (secondary N) is 1. The van der Waals surface area contributed by atoms with Crippen molar-refractivity contribution in [2.45, 2.75) is 23.8 Å². The number of nitrogens with zero attached hydrogens (tertiary/aromatic N) is 2. The highest BCUT2D eigenvalue weighted by molar-refractivity contribution is 7.89. The quantitative estimate of drug-likeness (QED) is 0.633. The van der Waals surface area contributed by atoms with Gasteiger partial charge in [-0.2, -0.15) is 4.31 Å². The predicted molar refractivity (Wildman–Crippen MR) is 125 cm³/mol. The number of likely N-dealkylation sites (tertiary alicyclic amines) is 1. The highest BCUT2D eigenvalue weighted by Gasteiger charge is 2.30. The Bertz CT molecular complexity index is 1050. The third kappa shape index (κ3) is 5.38. The van der Waals surface area contributed by atoms with Crippen molar-refractivity contribution in [3.63, 3.8) is 0 Å². The van der Waals surface area contributed by atoms with Gasteiger partial charge in [0.05, 0.1) is 26.4 Å². The molecule has 2 aromatic rings. The lowest BCUT2D eigenvalue weighted by Gasteiger charge is -2.28. The number of sulfonamides is 1. The van der Waals surface area contributed by atoms with Gasteiger partial charge in [0.1, 0.15) is 10.6 Å². The van der Waals surface area contributed by atoms with Gasteiger partial charge >= 0.3 is 0 Å². The molecule has 0 spiro atoms. The second kappa shape index (κ2) is 10.6. The smallest absolute Gasteiger partial charge is 0.251 e. The number of carbonyl (C=O) groups is 1. The van der Waals surface area contributed by atoms with Crippen LogP contribution in [0, 0.1) is 0 Å². The van der Waals surface area contributed by atoms with Gasteiger partial charge in [-0.15, -0.1) is 0 Å². The van der Waals surface area contributed by atoms with Crippen LogP contribution in [-0.2, 0) is 14.8 Å². The zero-order chi connectivity index (χ0) is 23.3. The number of amides is 1. The van der Waals surface area contributed by atoms with Gasteiger partial charge in [-0.1, -0.05) is 30.3 Å². The van der Waals surface area contributed by atoms with Gasteiger partial charge in [0.15, 0.2) is 0 Å². The SMILES string of the molecule is COc1ccc(C(=O)NCC(c2ccccc2)N2CCCC2)cc1S(=O)(=O)N1CCOCC1. The van der Waals surface area contributed by atoms with Crippen LogP contribution in [0.5, 0.6) is 5.75 Å². The van der Waals surface area contributed by atoms with Gasteiger partial charge in [0.2, 0.25) is 10.0 Å². The van der Waals surface area contributed by atoms with E-state index in [2.05, 4.69) is 22.3 Å². The molecule has 1 N–H and O–H groups in total. The van der Waals surface area contributed by atoms with Crippen LogP contribution in [0.25, 0.3) is 0 Å². The van der Waals surface area contributed by atoms with Crippen molar-refractivity contribution in [3.8, 4) is 5.75 Å². The van der Waals surface area contributed by atoms with E-state index in [0.717, 1.165) is 31.5 Å². The first kappa shape index (κ1) is 23.7. The van der Waals surface area contributed by atoms with E-state index in [-0.39, 0.29) is 41.2 Å². The molecule has 2 aromatic carbocycles. The van der Waals surface area contributed by atoms with Crippen molar-refractivity contribution in [1.29, 1.82) is 0 Å². The number of hydrogen-bond acceptors (Lipinski definition) is 6. The zero-order valence-corrected chi connectivity index (χ0v) is 19.7. The number of benzene rings is 2. The van der Waals surface area contributed by atoms with Gasteiger partial charge in [-0.05, 0) is 49.7 Å². The minimum atomic E-state index is -3.81. The van der Waals surface area contributed by atoms with Crippen molar-refractivity contribution in [1.82, 2.24) is 14.5 Å². The topological polar surface area (TPSA) is 88.2 Å². The van der Waals surface area contributed by atoms with Gasteiger partial charge < -0.3 is 14.8 Å². The van der Waals surface area contributed by atoms with Crippen LogP contribution in [0.4, 0.5) is 0 Å². The van der Waals surface area contributed by atoms with E-state index in [9.17, 15) is 13.2 Å². The molecule has 33 heavy (non-hydrogen) atoms. The van der Waals surface area contributed by atoms with Crippen molar-refractivity contribution < 1.29 is 22.7 Å². The summed E-state index contributed by atoms with van der Waals surface area (Å²) in [4.78, 5) is 15.4. The number of ether oxygens (including phenoxy) is 2. The Morgan fingerprint density at radius 2 is 1.76 bits per heavy atom. The summed E-state index contributed by atoms with van der Waals surface area (Å²) in [5.41, 5.74) is 1.45. The van der Waals surface area contributed by atoms with Gasteiger partial charge in [0, 0.05) is 25.2 Å². The fourth-order valence-corrected chi connectivity index (χ4v) is 6.01. The third-order valence-electron chi connectivity index (χ3n) is 6.24. The van der Waals surface area contributed by atoms with Crippen LogP contribution in [-0.4, -0.2) is 76.6 Å². The second-order valence-electron chi connectivity index (χ2n) is 8.26. The van der Waals surface area contributed by atoms with Gasteiger partial charge in [-0.25, -0.2) is 8.42 Å². The molecule has 0 aliphatic carbocycles. The maximum absolute atomic E-state index is 13.2. The van der Waals surface area contributed by atoms with Crippen LogP contribution in [0.2, 0.25) is 0 Å². The summed E-state index contributed by atoms with van der Waals surface area (Å²) in [6.07, 6.45) is 2.30. The van der Waals surface area contributed by atoms with E-state index in [1.807, 2.05) is 18.2 Å². The van der Waals surface area contributed by atoms with E-state index < -0.39 is 10.0 Å². The Morgan fingerprint density at radius 1 is 1.06 bits per heavy atom. The lowest BCUT2D eigenvalue weighted by Crippen LogP contribution is -2.41. The van der Waals surface area contributed by atoms with E-state index in [1.54, 1.807) is 6.07 Å². The highest BCUT2D eigenvalue weighted by atomic mass is 32.2. The maximum Gasteiger partial charge on any atom is 0.251 e. The monoisotopic (exact) mass is 473 g/mol. The summed E-state index contributed by atoms with van der Waals surface area (Å²) in [5.74, 6) is -0.0894. The van der Waals surface area contributed by atoms with E-state index in [1.165, 1.54) is 23.5 Å². The summed E-state index contributed by atoms with van der Waals surface area (Å²) in [7, 11) is -2.38. The summed E-state index contributed by atoms with van der Waals surface area (Å²) in [5, 5.41) is 3.02. The Hall–Kier alpha value is -2.46. The zero-order valence-electron chi connectivity index (χ0n) is 18.9. The Kier molecular flexibility index (Phi) is 7.64. The molecule has 178 valence electrons. The van der Waals surface area contributed by atoms with Crippen LogP contribution >= 0.6 is 0 Å². The molecule has 0 radical (unpaired) electrons. The molecule has 2 aliphatic heterocycles. The summed E-state index contributed by atoms with van der Waals surface area (Å²) in [6, 6.07) is 14.8. The van der Waals surface area contributed by atoms with Crippen LogP contribution < -0.4 is 10.1 Å². The summed E-state index contributed by atoms with van der Waals surface area (Å²) < 4.78 is 38.4. The number of hydrogen-bond donors (Lipinski definition) is 1. The Labute approximate surface area is 195 Å². The molecule has 2 fully saturated rings. The van der Waals surface area contributed by atoms with Gasteiger partial charge in [0.25, 0.3) is 5.91 Å². The average Bonchev–Trinajstić information content (AvgIpc) is 3.39. The molecule has 8 nitrogen and oxygen atoms in total. The lowest BCUT2D eigenvalue weighted by molar-refractivity contribution is 0.0729. The molecule has 1 amide bonds. The Balaban J connectivity index is 1.53. The molecule has 2 saturated heterocycles. The Morgan fingerprint density at radius 3 is 2.42 bits per heavy atom. The number of rotatable bonds is 8. The third-order valence-corrected chi connectivity index (χ3v) is 8.16. The number of methoxy groups -OCH3 is 1. The standard InChI is InChI=1S/C24H31N3O5S/c1-31-22-10-9-20(17-23(22)33(29,30)27-13-15-32-16-14-27)24(28)25-18-21(26-11-5-6-12-26)19-7-3-2-4-8-19/h2-4,7-10,17,21H,5-6,11-16,18H2,1H3,(H,25,28).